The quantitative estimate of drug-likeness (QED) is 0.723. The van der Waals surface area contributed by atoms with Gasteiger partial charge < -0.3 is 20.7 Å². The number of nitrogen functional groups attached to an aromatic ring is 1. The van der Waals surface area contributed by atoms with E-state index in [0.29, 0.717) is 28.6 Å². The van der Waals surface area contributed by atoms with E-state index in [1.54, 1.807) is 6.07 Å². The minimum absolute atomic E-state index is 0.211. The minimum Gasteiger partial charge on any atom is -0.496 e. The maximum absolute atomic E-state index is 12.2. The average molecular weight is 314 g/mol. The van der Waals surface area contributed by atoms with Crippen molar-refractivity contribution >= 4 is 23.2 Å². The molecule has 0 aliphatic carbocycles. The molecule has 1 aromatic rings. The highest BCUT2D eigenvalue weighted by molar-refractivity contribution is 6.33. The molecule has 0 atom stereocenters. The summed E-state index contributed by atoms with van der Waals surface area (Å²) < 4.78 is 5.17. The lowest BCUT2D eigenvalue weighted by atomic mass is 10.1. The molecule has 5 nitrogen and oxygen atoms in total. The Morgan fingerprint density at radius 3 is 2.76 bits per heavy atom. The van der Waals surface area contributed by atoms with E-state index in [1.807, 2.05) is 7.05 Å². The molecule has 0 saturated heterocycles. The van der Waals surface area contributed by atoms with Crippen molar-refractivity contribution in [2.75, 3.05) is 39.5 Å². The predicted molar refractivity (Wildman–Crippen MR) is 87.2 cm³/mol. The molecular weight excluding hydrogens is 290 g/mol. The highest BCUT2D eigenvalue weighted by Gasteiger charge is 2.14. The second-order valence-electron chi connectivity index (χ2n) is 4.99. The van der Waals surface area contributed by atoms with E-state index in [-0.39, 0.29) is 5.91 Å². The summed E-state index contributed by atoms with van der Waals surface area (Å²) in [7, 11) is 3.54. The first kappa shape index (κ1) is 17.6. The van der Waals surface area contributed by atoms with Crippen LogP contribution in [0.2, 0.25) is 5.02 Å². The molecule has 0 unspecified atom stereocenters. The normalized spacial score (nSPS) is 10.7. The minimum atomic E-state index is -0.211. The number of carbonyl (C=O) groups excluding carboxylic acids is 1. The second-order valence-corrected chi connectivity index (χ2v) is 5.39. The maximum Gasteiger partial charge on any atom is 0.255 e. The van der Waals surface area contributed by atoms with Gasteiger partial charge in [0.05, 0.1) is 23.4 Å². The zero-order valence-electron chi connectivity index (χ0n) is 12.9. The molecular formula is C15H24ClN3O2. The van der Waals surface area contributed by atoms with Crippen LogP contribution in [0.4, 0.5) is 5.69 Å². The molecule has 1 rings (SSSR count). The molecule has 1 amide bonds. The molecule has 1 aromatic carbocycles. The first-order valence-electron chi connectivity index (χ1n) is 7.09. The Bertz CT molecular complexity index is 480. The number of hydrogen-bond donors (Lipinski definition) is 2. The molecule has 3 N–H and O–H groups in total. The lowest BCUT2D eigenvalue weighted by Gasteiger charge is -2.17. The highest BCUT2D eigenvalue weighted by Crippen LogP contribution is 2.28. The SMILES string of the molecule is CCCCN(C)CCNC(=O)c1cc(Cl)c(N)cc1OC. The third-order valence-electron chi connectivity index (χ3n) is 3.24. The summed E-state index contributed by atoms with van der Waals surface area (Å²) in [6.07, 6.45) is 2.32. The Kier molecular flexibility index (Phi) is 7.32. The molecule has 0 bridgehead atoms. The van der Waals surface area contributed by atoms with Gasteiger partial charge in [0.15, 0.2) is 0 Å². The van der Waals surface area contributed by atoms with E-state index in [4.69, 9.17) is 22.1 Å². The van der Waals surface area contributed by atoms with E-state index >= 15 is 0 Å². The van der Waals surface area contributed by atoms with Gasteiger partial charge >= 0.3 is 0 Å². The third-order valence-corrected chi connectivity index (χ3v) is 3.56. The largest absolute Gasteiger partial charge is 0.496 e. The van der Waals surface area contributed by atoms with Crippen LogP contribution in [0.5, 0.6) is 5.75 Å². The van der Waals surface area contributed by atoms with E-state index < -0.39 is 0 Å². The summed E-state index contributed by atoms with van der Waals surface area (Å²) in [6, 6.07) is 3.09. The number of nitrogens with one attached hydrogen (secondary N) is 1. The smallest absolute Gasteiger partial charge is 0.255 e. The van der Waals surface area contributed by atoms with Gasteiger partial charge in [-0.3, -0.25) is 4.79 Å². The van der Waals surface area contributed by atoms with Crippen molar-refractivity contribution in [2.24, 2.45) is 0 Å². The average Bonchev–Trinajstić information content (AvgIpc) is 2.47. The van der Waals surface area contributed by atoms with Crippen LogP contribution in [0, 0.1) is 0 Å². The Morgan fingerprint density at radius 1 is 1.43 bits per heavy atom. The van der Waals surface area contributed by atoms with Crippen molar-refractivity contribution in [1.82, 2.24) is 10.2 Å². The van der Waals surface area contributed by atoms with E-state index in [0.717, 1.165) is 25.9 Å². The third kappa shape index (κ3) is 5.44. The fourth-order valence-electron chi connectivity index (χ4n) is 1.91. The number of benzene rings is 1. The number of likely N-dealkylation sites (N-methyl/N-ethyl adjacent to an activating group) is 1. The van der Waals surface area contributed by atoms with E-state index in [9.17, 15) is 4.79 Å². The van der Waals surface area contributed by atoms with Crippen LogP contribution in [0.1, 0.15) is 30.1 Å². The van der Waals surface area contributed by atoms with Gasteiger partial charge in [-0.2, -0.15) is 0 Å². The van der Waals surface area contributed by atoms with Gasteiger partial charge in [0.25, 0.3) is 5.91 Å². The van der Waals surface area contributed by atoms with Crippen LogP contribution >= 0.6 is 11.6 Å². The number of unbranched alkanes of at least 4 members (excludes halogenated alkanes) is 1. The zero-order chi connectivity index (χ0) is 15.8. The molecule has 0 fully saturated rings. The molecule has 0 aliphatic rings. The zero-order valence-corrected chi connectivity index (χ0v) is 13.7. The summed E-state index contributed by atoms with van der Waals surface area (Å²) in [5.74, 6) is 0.214. The van der Waals surface area contributed by atoms with Gasteiger partial charge in [-0.25, -0.2) is 0 Å². The molecule has 0 saturated carbocycles. The lowest BCUT2D eigenvalue weighted by Crippen LogP contribution is -2.33. The van der Waals surface area contributed by atoms with Gasteiger partial charge in [-0.05, 0) is 26.1 Å². The van der Waals surface area contributed by atoms with Gasteiger partial charge in [0.1, 0.15) is 5.75 Å². The van der Waals surface area contributed by atoms with Gasteiger partial charge in [0.2, 0.25) is 0 Å². The maximum atomic E-state index is 12.2. The summed E-state index contributed by atoms with van der Waals surface area (Å²) in [4.78, 5) is 14.4. The van der Waals surface area contributed by atoms with Crippen LogP contribution in [-0.4, -0.2) is 44.6 Å². The highest BCUT2D eigenvalue weighted by atomic mass is 35.5. The number of nitrogens with two attached hydrogens (primary N) is 1. The molecule has 0 heterocycles. The topological polar surface area (TPSA) is 67.6 Å². The molecule has 0 aliphatic heterocycles. The molecule has 0 spiro atoms. The number of rotatable bonds is 8. The summed E-state index contributed by atoms with van der Waals surface area (Å²) in [6.45, 7) is 4.57. The monoisotopic (exact) mass is 313 g/mol. The second kappa shape index (κ2) is 8.74. The fraction of sp³-hybridized carbons (Fsp3) is 0.533. The van der Waals surface area contributed by atoms with Gasteiger partial charge in [-0.15, -0.1) is 0 Å². The molecule has 0 aromatic heterocycles. The Morgan fingerprint density at radius 2 is 2.14 bits per heavy atom. The van der Waals surface area contributed by atoms with Crippen molar-refractivity contribution in [2.45, 2.75) is 19.8 Å². The van der Waals surface area contributed by atoms with Crippen LogP contribution in [0.3, 0.4) is 0 Å². The number of carbonyl (C=O) groups is 1. The molecule has 0 radical (unpaired) electrons. The first-order chi connectivity index (χ1) is 9.99. The molecule has 118 valence electrons. The van der Waals surface area contributed by atoms with Crippen molar-refractivity contribution in [3.8, 4) is 5.75 Å². The van der Waals surface area contributed by atoms with Crippen molar-refractivity contribution in [3.05, 3.63) is 22.7 Å². The van der Waals surface area contributed by atoms with Gasteiger partial charge in [0, 0.05) is 19.2 Å². The first-order valence-corrected chi connectivity index (χ1v) is 7.47. The summed E-state index contributed by atoms with van der Waals surface area (Å²) >= 11 is 5.96. The fourth-order valence-corrected chi connectivity index (χ4v) is 2.07. The van der Waals surface area contributed by atoms with Crippen molar-refractivity contribution in [1.29, 1.82) is 0 Å². The number of amides is 1. The number of ether oxygens (including phenoxy) is 1. The Labute approximate surface area is 131 Å². The van der Waals surface area contributed by atoms with Crippen molar-refractivity contribution in [3.63, 3.8) is 0 Å². The van der Waals surface area contributed by atoms with E-state index in [1.165, 1.54) is 13.2 Å². The molecule has 6 heteroatoms. The lowest BCUT2D eigenvalue weighted by molar-refractivity contribution is 0.0947. The van der Waals surface area contributed by atoms with Crippen LogP contribution in [0.25, 0.3) is 0 Å². The molecule has 21 heavy (non-hydrogen) atoms. The summed E-state index contributed by atoms with van der Waals surface area (Å²) in [5.41, 5.74) is 6.49. The number of nitrogens with zero attached hydrogens (tertiary/aromatic N) is 1. The number of methoxy groups -OCH3 is 1. The van der Waals surface area contributed by atoms with Gasteiger partial charge in [-0.1, -0.05) is 24.9 Å². The number of halogens is 1. The van der Waals surface area contributed by atoms with Crippen LogP contribution in [0.15, 0.2) is 12.1 Å². The Hall–Kier alpha value is -1.46. The van der Waals surface area contributed by atoms with Crippen molar-refractivity contribution < 1.29 is 9.53 Å². The van der Waals surface area contributed by atoms with E-state index in [2.05, 4.69) is 17.1 Å². The summed E-state index contributed by atoms with van der Waals surface area (Å²) in [5, 5.41) is 3.22. The van der Waals surface area contributed by atoms with Crippen LogP contribution < -0.4 is 15.8 Å². The Balaban J connectivity index is 2.58. The number of anilines is 1. The standard InChI is InChI=1S/C15H24ClN3O2/c1-4-5-7-19(2)8-6-18-15(20)11-9-12(16)13(17)10-14(11)21-3/h9-10H,4-8,17H2,1-3H3,(H,18,20). The van der Waals surface area contributed by atoms with Crippen LogP contribution in [-0.2, 0) is 0 Å². The predicted octanol–water partition coefficient (Wildman–Crippen LogP) is 2.39. The number of hydrogen-bond acceptors (Lipinski definition) is 4.